The lowest BCUT2D eigenvalue weighted by atomic mass is 10.1. The van der Waals surface area contributed by atoms with Crippen LogP contribution in [0.3, 0.4) is 0 Å². The predicted octanol–water partition coefficient (Wildman–Crippen LogP) is 3.12. The van der Waals surface area contributed by atoms with Crippen molar-refractivity contribution in [3.8, 4) is 0 Å². The van der Waals surface area contributed by atoms with E-state index in [1.54, 1.807) is 30.3 Å². The number of aliphatic hydroxyl groups is 1. The van der Waals surface area contributed by atoms with Crippen LogP contribution in [-0.2, 0) is 0 Å². The molecule has 4 N–H and O–H groups in total. The van der Waals surface area contributed by atoms with E-state index in [1.165, 1.54) is 24.3 Å². The van der Waals surface area contributed by atoms with Crippen molar-refractivity contribution in [3.05, 3.63) is 60.2 Å². The van der Waals surface area contributed by atoms with Crippen LogP contribution < -0.4 is 10.7 Å². The Kier molecular flexibility index (Phi) is 4.58. The Hall–Kier alpha value is -3.04. The predicted molar refractivity (Wildman–Crippen MR) is 92.8 cm³/mol. The second-order valence-electron chi connectivity index (χ2n) is 5.44. The maximum atomic E-state index is 13.4. The van der Waals surface area contributed by atoms with E-state index in [9.17, 15) is 18.3 Å². The van der Waals surface area contributed by atoms with Gasteiger partial charge in [0.2, 0.25) is 0 Å². The fourth-order valence-corrected chi connectivity index (χ4v) is 2.34. The molecule has 2 aromatic rings. The number of nitrogens with two attached hydrogens (primary N) is 1. The summed E-state index contributed by atoms with van der Waals surface area (Å²) in [5.74, 6) is -0.480. The van der Waals surface area contributed by atoms with Crippen molar-refractivity contribution in [3.63, 3.8) is 0 Å². The number of nitrogens with one attached hydrogen (secondary N) is 1. The molecule has 2 aromatic carbocycles. The monoisotopic (exact) mass is 361 g/mol. The number of aliphatic hydroxyl groups excluding tert-OH is 1. The zero-order chi connectivity index (χ0) is 18.9. The molecule has 1 heterocycles. The quantitative estimate of drug-likeness (QED) is 0.733. The second-order valence-corrected chi connectivity index (χ2v) is 5.44. The van der Waals surface area contributed by atoms with Gasteiger partial charge in [-0.1, -0.05) is 30.3 Å². The van der Waals surface area contributed by atoms with Gasteiger partial charge in [-0.25, -0.2) is 10.0 Å². The summed E-state index contributed by atoms with van der Waals surface area (Å²) < 4.78 is 40.1. The van der Waals surface area contributed by atoms with E-state index in [-0.39, 0.29) is 5.69 Å². The molecular formula is C17H14F3N5O. The molecule has 134 valence electrons. The number of para-hydroxylation sites is 1. The first-order chi connectivity index (χ1) is 12.3. The minimum Gasteiger partial charge on any atom is -0.375 e. The summed E-state index contributed by atoms with van der Waals surface area (Å²) in [4.78, 5) is 3.94. The summed E-state index contributed by atoms with van der Waals surface area (Å²) in [6.45, 7) is 0. The molecule has 26 heavy (non-hydrogen) atoms. The van der Waals surface area contributed by atoms with Gasteiger partial charge in [-0.3, -0.25) is 5.41 Å². The smallest absolute Gasteiger partial charge is 0.375 e. The molecule has 3 rings (SSSR count). The minimum atomic E-state index is -4.76. The van der Waals surface area contributed by atoms with E-state index in [4.69, 9.17) is 11.1 Å². The van der Waals surface area contributed by atoms with Gasteiger partial charge >= 0.3 is 6.18 Å². The first kappa shape index (κ1) is 17.8. The molecule has 1 aliphatic heterocycles. The lowest BCUT2D eigenvalue weighted by molar-refractivity contribution is -0.0565. The number of anilines is 1. The van der Waals surface area contributed by atoms with E-state index in [0.29, 0.717) is 11.3 Å². The number of hydrogen-bond acceptors (Lipinski definition) is 5. The molecule has 0 saturated carbocycles. The molecule has 6 nitrogen and oxygen atoms in total. The van der Waals surface area contributed by atoms with Crippen LogP contribution >= 0.6 is 0 Å². The summed E-state index contributed by atoms with van der Waals surface area (Å²) in [5, 5.41) is 21.8. The Labute approximate surface area is 146 Å². The third kappa shape index (κ3) is 3.48. The van der Waals surface area contributed by atoms with Crippen molar-refractivity contribution in [1.82, 2.24) is 0 Å². The van der Waals surface area contributed by atoms with Gasteiger partial charge in [0.1, 0.15) is 11.9 Å². The molecule has 0 fully saturated rings. The first-order valence-corrected chi connectivity index (χ1v) is 7.50. The highest BCUT2D eigenvalue weighted by Gasteiger charge is 2.46. The first-order valence-electron chi connectivity index (χ1n) is 7.50. The third-order valence-corrected chi connectivity index (χ3v) is 3.61. The summed E-state index contributed by atoms with van der Waals surface area (Å²) in [5.41, 5.74) is 4.40. The van der Waals surface area contributed by atoms with Crippen LogP contribution in [0.5, 0.6) is 0 Å². The number of aliphatic imine (C=N–C) groups is 1. The highest BCUT2D eigenvalue weighted by Crippen LogP contribution is 2.29. The van der Waals surface area contributed by atoms with Crippen LogP contribution in [0.2, 0.25) is 0 Å². The number of hydrogen-bond donors (Lipinski definition) is 3. The molecule has 9 heteroatoms. The van der Waals surface area contributed by atoms with Crippen LogP contribution in [0.4, 0.5) is 24.5 Å². The molecule has 0 spiro atoms. The second kappa shape index (κ2) is 6.70. The Morgan fingerprint density at radius 2 is 1.69 bits per heavy atom. The van der Waals surface area contributed by atoms with Gasteiger partial charge in [-0.2, -0.15) is 18.3 Å². The number of alkyl halides is 3. The van der Waals surface area contributed by atoms with Gasteiger partial charge in [0.15, 0.2) is 11.5 Å². The van der Waals surface area contributed by atoms with E-state index in [2.05, 4.69) is 10.1 Å². The van der Waals surface area contributed by atoms with Crippen molar-refractivity contribution in [2.75, 3.05) is 5.01 Å². The van der Waals surface area contributed by atoms with Gasteiger partial charge in [0.25, 0.3) is 0 Å². The average molecular weight is 361 g/mol. The average Bonchev–Trinajstić information content (AvgIpc) is 2.93. The number of benzene rings is 2. The van der Waals surface area contributed by atoms with Crippen LogP contribution in [0.1, 0.15) is 11.8 Å². The van der Waals surface area contributed by atoms with Gasteiger partial charge in [-0.15, -0.1) is 0 Å². The third-order valence-electron chi connectivity index (χ3n) is 3.61. The molecule has 0 bridgehead atoms. The molecule has 0 aromatic heterocycles. The zero-order valence-corrected chi connectivity index (χ0v) is 13.3. The van der Waals surface area contributed by atoms with E-state index in [1.807, 2.05) is 0 Å². The molecule has 0 aliphatic carbocycles. The maximum absolute atomic E-state index is 13.4. The highest BCUT2D eigenvalue weighted by molar-refractivity contribution is 6.73. The molecule has 0 amide bonds. The molecule has 0 radical (unpaired) electrons. The fourth-order valence-electron chi connectivity index (χ4n) is 2.34. The molecule has 1 aliphatic rings. The molecule has 1 atom stereocenters. The SMILES string of the molecule is N=C1C(=Nc2ccc(C(N)O)cc2)C(C(F)(F)F)=NN1c1ccccc1. The van der Waals surface area contributed by atoms with E-state index in [0.717, 1.165) is 5.01 Å². The molecular weight excluding hydrogens is 347 g/mol. The van der Waals surface area contributed by atoms with Crippen LogP contribution in [0.15, 0.2) is 64.7 Å². The fraction of sp³-hybridized carbons (Fsp3) is 0.118. The topological polar surface area (TPSA) is 98.1 Å². The van der Waals surface area contributed by atoms with Gasteiger partial charge < -0.3 is 10.8 Å². The number of amidine groups is 1. The van der Waals surface area contributed by atoms with Gasteiger partial charge in [0.05, 0.1) is 11.4 Å². The van der Waals surface area contributed by atoms with E-state index < -0.39 is 29.7 Å². The summed E-state index contributed by atoms with van der Waals surface area (Å²) >= 11 is 0. The largest absolute Gasteiger partial charge is 0.437 e. The van der Waals surface area contributed by atoms with Crippen molar-refractivity contribution < 1.29 is 18.3 Å². The highest BCUT2D eigenvalue weighted by atomic mass is 19.4. The lowest BCUT2D eigenvalue weighted by Gasteiger charge is -2.13. The lowest BCUT2D eigenvalue weighted by Crippen LogP contribution is -2.33. The Balaban J connectivity index is 2.02. The minimum absolute atomic E-state index is 0.181. The van der Waals surface area contributed by atoms with Crippen molar-refractivity contribution in [2.24, 2.45) is 15.8 Å². The number of nitrogens with zero attached hydrogens (tertiary/aromatic N) is 3. The number of rotatable bonds is 3. The summed E-state index contributed by atoms with van der Waals surface area (Å²) in [6.07, 6.45) is -5.95. The summed E-state index contributed by atoms with van der Waals surface area (Å²) in [6, 6.07) is 13.8. The summed E-state index contributed by atoms with van der Waals surface area (Å²) in [7, 11) is 0. The van der Waals surface area contributed by atoms with Crippen LogP contribution in [-0.4, -0.2) is 28.5 Å². The Morgan fingerprint density at radius 1 is 1.08 bits per heavy atom. The van der Waals surface area contributed by atoms with E-state index >= 15 is 0 Å². The maximum Gasteiger partial charge on any atom is 0.437 e. The van der Waals surface area contributed by atoms with Crippen molar-refractivity contribution in [1.29, 1.82) is 5.41 Å². The van der Waals surface area contributed by atoms with Crippen molar-refractivity contribution >= 4 is 28.6 Å². The zero-order valence-electron chi connectivity index (χ0n) is 13.3. The Bertz CT molecular complexity index is 874. The van der Waals surface area contributed by atoms with Gasteiger partial charge in [0, 0.05) is 0 Å². The normalized spacial score (nSPS) is 17.6. The number of hydrazone groups is 1. The Morgan fingerprint density at radius 3 is 2.23 bits per heavy atom. The van der Waals surface area contributed by atoms with Gasteiger partial charge in [-0.05, 0) is 29.8 Å². The van der Waals surface area contributed by atoms with Crippen molar-refractivity contribution in [2.45, 2.75) is 12.4 Å². The number of halogens is 3. The van der Waals surface area contributed by atoms with Crippen LogP contribution in [0, 0.1) is 5.41 Å². The molecule has 1 unspecified atom stereocenters. The van der Waals surface area contributed by atoms with Crippen LogP contribution in [0.25, 0.3) is 0 Å². The standard InChI is InChI=1S/C17H14F3N5O/c18-17(19,20)14-13(23-11-8-6-10(7-9-11)16(22)26)15(21)25(24-14)12-4-2-1-3-5-12/h1-9,16,21,26H,22H2. The molecule has 0 saturated heterocycles.